The van der Waals surface area contributed by atoms with Crippen molar-refractivity contribution < 1.29 is 9.59 Å². The molecule has 2 aromatic rings. The molecule has 0 radical (unpaired) electrons. The average Bonchev–Trinajstić information content (AvgIpc) is 3.07. The van der Waals surface area contributed by atoms with Gasteiger partial charge in [-0.15, -0.1) is 10.2 Å². The number of hydrogen-bond donors (Lipinski definition) is 1. The molecule has 1 aliphatic heterocycles. The van der Waals surface area contributed by atoms with Crippen LogP contribution in [0.4, 0.5) is 5.69 Å². The molecular weight excluding hydrogens is 360 g/mol. The number of likely N-dealkylation sites (tertiary alicyclic amines) is 1. The summed E-state index contributed by atoms with van der Waals surface area (Å²) < 4.78 is 0. The summed E-state index contributed by atoms with van der Waals surface area (Å²) in [6, 6.07) is 7.18. The largest absolute Gasteiger partial charge is 0.330 e. The number of carbonyl (C=O) groups excluding carboxylic acids is 2. The number of hydrogen-bond acceptors (Lipinski definition) is 5. The average molecular weight is 387 g/mol. The Morgan fingerprint density at radius 3 is 2.67 bits per heavy atom. The Bertz CT molecular complexity index is 841. The van der Waals surface area contributed by atoms with Crippen molar-refractivity contribution in [2.45, 2.75) is 53.0 Å². The molecule has 1 unspecified atom stereocenters. The fourth-order valence-corrected chi connectivity index (χ4v) is 3.93. The van der Waals surface area contributed by atoms with Crippen LogP contribution in [0.15, 0.2) is 24.3 Å². The van der Waals surface area contributed by atoms with E-state index in [2.05, 4.69) is 15.5 Å². The molecule has 1 aliphatic rings. The highest BCUT2D eigenvalue weighted by Crippen LogP contribution is 2.28. The minimum Gasteiger partial charge on any atom is -0.330 e. The summed E-state index contributed by atoms with van der Waals surface area (Å²) in [6.07, 6.45) is 2.59. The van der Waals surface area contributed by atoms with E-state index in [0.717, 1.165) is 28.4 Å². The highest BCUT2D eigenvalue weighted by atomic mass is 32.1. The van der Waals surface area contributed by atoms with E-state index in [4.69, 9.17) is 0 Å². The van der Waals surface area contributed by atoms with E-state index in [0.29, 0.717) is 18.7 Å². The maximum absolute atomic E-state index is 12.9. The Morgan fingerprint density at radius 2 is 2.00 bits per heavy atom. The van der Waals surface area contributed by atoms with Crippen LogP contribution >= 0.6 is 11.3 Å². The molecule has 0 saturated carbocycles. The smallest absolute Gasteiger partial charge is 0.247 e. The summed E-state index contributed by atoms with van der Waals surface area (Å²) in [6.45, 7) is 8.24. The molecule has 2 heterocycles. The first-order chi connectivity index (χ1) is 12.8. The van der Waals surface area contributed by atoms with Crippen LogP contribution in [0.25, 0.3) is 10.6 Å². The zero-order chi connectivity index (χ0) is 19.6. The third kappa shape index (κ3) is 4.53. The molecule has 1 atom stereocenters. The number of benzene rings is 1. The predicted octanol–water partition coefficient (Wildman–Crippen LogP) is 3.88. The first kappa shape index (κ1) is 19.5. The van der Waals surface area contributed by atoms with Gasteiger partial charge in [0.25, 0.3) is 0 Å². The Labute approximate surface area is 164 Å². The van der Waals surface area contributed by atoms with Gasteiger partial charge in [0.1, 0.15) is 16.1 Å². The van der Waals surface area contributed by atoms with Gasteiger partial charge in [0, 0.05) is 23.2 Å². The summed E-state index contributed by atoms with van der Waals surface area (Å²) in [7, 11) is 0. The number of aryl methyl sites for hydroxylation is 1. The van der Waals surface area contributed by atoms with Gasteiger partial charge >= 0.3 is 0 Å². The van der Waals surface area contributed by atoms with Crippen LogP contribution in [-0.2, 0) is 9.59 Å². The molecule has 2 amide bonds. The van der Waals surface area contributed by atoms with E-state index in [-0.39, 0.29) is 11.8 Å². The minimum atomic E-state index is -0.495. The molecule has 1 aromatic heterocycles. The molecule has 1 fully saturated rings. The van der Waals surface area contributed by atoms with Crippen molar-refractivity contribution in [1.82, 2.24) is 15.1 Å². The van der Waals surface area contributed by atoms with Crippen molar-refractivity contribution >= 4 is 28.8 Å². The topological polar surface area (TPSA) is 75.2 Å². The summed E-state index contributed by atoms with van der Waals surface area (Å²) in [4.78, 5) is 27.4. The third-order valence-electron chi connectivity index (χ3n) is 4.61. The van der Waals surface area contributed by atoms with Crippen molar-refractivity contribution in [2.75, 3.05) is 11.9 Å². The molecule has 6 nitrogen and oxygen atoms in total. The molecule has 0 aliphatic carbocycles. The number of piperidine rings is 1. The lowest BCUT2D eigenvalue weighted by atomic mass is 9.91. The maximum atomic E-state index is 12.9. The van der Waals surface area contributed by atoms with E-state index in [1.165, 1.54) is 11.3 Å². The van der Waals surface area contributed by atoms with E-state index in [1.54, 1.807) is 4.90 Å². The van der Waals surface area contributed by atoms with Gasteiger partial charge in [0.05, 0.1) is 0 Å². The van der Waals surface area contributed by atoms with Crippen molar-refractivity contribution in [1.29, 1.82) is 0 Å². The lowest BCUT2D eigenvalue weighted by molar-refractivity contribution is -0.147. The third-order valence-corrected chi connectivity index (χ3v) is 5.50. The Morgan fingerprint density at radius 1 is 1.22 bits per heavy atom. The first-order valence-electron chi connectivity index (χ1n) is 9.28. The van der Waals surface area contributed by atoms with Crippen LogP contribution in [-0.4, -0.2) is 39.5 Å². The number of rotatable bonds is 3. The normalized spacial score (nSPS) is 17.6. The predicted molar refractivity (Wildman–Crippen MR) is 108 cm³/mol. The van der Waals surface area contributed by atoms with Crippen molar-refractivity contribution in [3.8, 4) is 10.6 Å². The van der Waals surface area contributed by atoms with Crippen molar-refractivity contribution in [3.63, 3.8) is 0 Å². The summed E-state index contributed by atoms with van der Waals surface area (Å²) in [5, 5.41) is 12.9. The van der Waals surface area contributed by atoms with Gasteiger partial charge in [-0.2, -0.15) is 0 Å². The van der Waals surface area contributed by atoms with Crippen molar-refractivity contribution in [2.24, 2.45) is 5.41 Å². The van der Waals surface area contributed by atoms with Crippen molar-refractivity contribution in [3.05, 3.63) is 29.3 Å². The zero-order valence-corrected chi connectivity index (χ0v) is 17.1. The SMILES string of the molecule is Cc1nnc(-c2cccc(NC(=O)C3CCCCN3C(=O)C(C)(C)C)c2)s1. The van der Waals surface area contributed by atoms with E-state index in [9.17, 15) is 9.59 Å². The van der Waals surface area contributed by atoms with Crippen LogP contribution in [0.5, 0.6) is 0 Å². The molecular formula is C20H26N4O2S. The Balaban J connectivity index is 1.76. The standard InChI is InChI=1S/C20H26N4O2S/c1-13-22-23-18(27-13)14-8-7-9-15(12-14)21-17(25)16-10-5-6-11-24(16)19(26)20(2,3)4/h7-9,12,16H,5-6,10-11H2,1-4H3,(H,21,25). The highest BCUT2D eigenvalue weighted by Gasteiger charge is 2.36. The lowest BCUT2D eigenvalue weighted by Gasteiger charge is -2.38. The molecule has 1 N–H and O–H groups in total. The molecule has 1 saturated heterocycles. The molecule has 0 bridgehead atoms. The fraction of sp³-hybridized carbons (Fsp3) is 0.500. The number of amides is 2. The van der Waals surface area contributed by atoms with Gasteiger partial charge < -0.3 is 10.2 Å². The van der Waals surface area contributed by atoms with Crippen LogP contribution in [0.3, 0.4) is 0 Å². The number of anilines is 1. The summed E-state index contributed by atoms with van der Waals surface area (Å²) in [5.74, 6) is -0.0988. The van der Waals surface area contributed by atoms with Gasteiger partial charge in [0.2, 0.25) is 11.8 Å². The fourth-order valence-electron chi connectivity index (χ4n) is 3.25. The Hall–Kier alpha value is -2.28. The molecule has 144 valence electrons. The Kier molecular flexibility index (Phi) is 5.60. The lowest BCUT2D eigenvalue weighted by Crippen LogP contribution is -2.53. The molecule has 7 heteroatoms. The second-order valence-corrected chi connectivity index (χ2v) is 9.14. The number of carbonyl (C=O) groups is 2. The van der Waals surface area contributed by atoms with Gasteiger partial charge in [-0.25, -0.2) is 0 Å². The number of aromatic nitrogens is 2. The van der Waals surface area contributed by atoms with Gasteiger partial charge in [-0.3, -0.25) is 9.59 Å². The quantitative estimate of drug-likeness (QED) is 0.869. The second kappa shape index (κ2) is 7.76. The summed E-state index contributed by atoms with van der Waals surface area (Å²) in [5.41, 5.74) is 1.13. The number of nitrogens with one attached hydrogen (secondary N) is 1. The van der Waals surface area contributed by atoms with Crippen LogP contribution in [0.2, 0.25) is 0 Å². The van der Waals surface area contributed by atoms with Gasteiger partial charge in [-0.05, 0) is 38.3 Å². The highest BCUT2D eigenvalue weighted by molar-refractivity contribution is 7.14. The van der Waals surface area contributed by atoms with Crippen LogP contribution < -0.4 is 5.32 Å². The first-order valence-corrected chi connectivity index (χ1v) is 10.1. The minimum absolute atomic E-state index is 0.0282. The van der Waals surface area contributed by atoms with Crippen LogP contribution in [0, 0.1) is 12.3 Å². The molecule has 3 rings (SSSR count). The molecule has 27 heavy (non-hydrogen) atoms. The number of nitrogens with zero attached hydrogens (tertiary/aromatic N) is 3. The monoisotopic (exact) mass is 386 g/mol. The maximum Gasteiger partial charge on any atom is 0.247 e. The van der Waals surface area contributed by atoms with Gasteiger partial charge in [-0.1, -0.05) is 44.2 Å². The van der Waals surface area contributed by atoms with E-state index < -0.39 is 11.5 Å². The molecule has 0 spiro atoms. The van der Waals surface area contributed by atoms with E-state index >= 15 is 0 Å². The second-order valence-electron chi connectivity index (χ2n) is 7.96. The molecule has 1 aromatic carbocycles. The summed E-state index contributed by atoms with van der Waals surface area (Å²) >= 11 is 1.52. The zero-order valence-electron chi connectivity index (χ0n) is 16.3. The van der Waals surface area contributed by atoms with Crippen LogP contribution in [0.1, 0.15) is 45.0 Å². The van der Waals surface area contributed by atoms with Gasteiger partial charge in [0.15, 0.2) is 0 Å². The van der Waals surface area contributed by atoms with E-state index in [1.807, 2.05) is 52.0 Å².